The van der Waals surface area contributed by atoms with Crippen LogP contribution in [0.1, 0.15) is 28.8 Å². The number of alkyl halides is 3. The van der Waals surface area contributed by atoms with E-state index in [4.69, 9.17) is 0 Å². The minimum Gasteiger partial charge on any atom is -0.468 e. The summed E-state index contributed by atoms with van der Waals surface area (Å²) >= 11 is 0. The molecular formula is C21H24F3N3O4S. The smallest absolute Gasteiger partial charge is 0.422 e. The van der Waals surface area contributed by atoms with Gasteiger partial charge in [0.15, 0.2) is 6.61 Å². The van der Waals surface area contributed by atoms with Gasteiger partial charge in [-0.3, -0.25) is 4.79 Å². The molecular weight excluding hydrogens is 447 g/mol. The van der Waals surface area contributed by atoms with Gasteiger partial charge in [0.05, 0.1) is 10.5 Å². The number of carbonyl (C=O) groups is 1. The molecule has 0 spiro atoms. The van der Waals surface area contributed by atoms with E-state index >= 15 is 0 Å². The number of carbonyl (C=O) groups excluding carboxylic acids is 1. The van der Waals surface area contributed by atoms with Crippen molar-refractivity contribution in [3.05, 3.63) is 53.7 Å². The number of amides is 1. The maximum atomic E-state index is 12.8. The number of benzene rings is 1. The lowest BCUT2D eigenvalue weighted by Gasteiger charge is -2.32. The summed E-state index contributed by atoms with van der Waals surface area (Å²) in [6.45, 7) is 1.48. The number of rotatable bonds is 7. The number of halogens is 3. The van der Waals surface area contributed by atoms with Crippen molar-refractivity contribution in [3.63, 3.8) is 0 Å². The zero-order valence-electron chi connectivity index (χ0n) is 17.4. The van der Waals surface area contributed by atoms with Crippen molar-refractivity contribution < 1.29 is 31.1 Å². The molecule has 1 aromatic carbocycles. The molecule has 1 atom stereocenters. The fraction of sp³-hybridized carbons (Fsp3) is 0.429. The third kappa shape index (κ3) is 6.67. The van der Waals surface area contributed by atoms with E-state index in [9.17, 15) is 26.4 Å². The lowest BCUT2D eigenvalue weighted by molar-refractivity contribution is -0.154. The molecule has 1 aromatic heterocycles. The average molecular weight is 472 g/mol. The minimum absolute atomic E-state index is 0.0599. The predicted octanol–water partition coefficient (Wildman–Crippen LogP) is 3.16. The van der Waals surface area contributed by atoms with Crippen molar-refractivity contribution in [1.29, 1.82) is 0 Å². The topological polar surface area (TPSA) is 88.6 Å². The van der Waals surface area contributed by atoms with Gasteiger partial charge in [0.1, 0.15) is 0 Å². The third-order valence-electron chi connectivity index (χ3n) is 5.07. The SMILES string of the molecule is Cc1ccc(S(=O)(=O)NC[C@H]2CCCN(C(=O)c3ccc(OCC(F)(F)F)nc3)C2)cc1. The molecule has 2 aromatic rings. The number of nitrogens with one attached hydrogen (secondary N) is 1. The Hall–Kier alpha value is -2.66. The highest BCUT2D eigenvalue weighted by molar-refractivity contribution is 7.89. The quantitative estimate of drug-likeness (QED) is 0.670. The van der Waals surface area contributed by atoms with E-state index in [2.05, 4.69) is 14.4 Å². The second kappa shape index (κ2) is 9.86. The molecule has 7 nitrogen and oxygen atoms in total. The number of nitrogens with zero attached hydrogens (tertiary/aromatic N) is 2. The van der Waals surface area contributed by atoms with Gasteiger partial charge >= 0.3 is 6.18 Å². The fourth-order valence-electron chi connectivity index (χ4n) is 3.37. The first-order valence-corrected chi connectivity index (χ1v) is 11.5. The lowest BCUT2D eigenvalue weighted by atomic mass is 9.98. The van der Waals surface area contributed by atoms with E-state index in [-0.39, 0.29) is 34.7 Å². The first-order chi connectivity index (χ1) is 15.0. The van der Waals surface area contributed by atoms with E-state index in [0.717, 1.165) is 12.0 Å². The zero-order valence-corrected chi connectivity index (χ0v) is 18.2. The van der Waals surface area contributed by atoms with Gasteiger partial charge in [-0.1, -0.05) is 17.7 Å². The standard InChI is InChI=1S/C21H24F3N3O4S/c1-15-4-7-18(8-5-15)32(29,30)26-11-16-3-2-10-27(13-16)20(28)17-6-9-19(25-12-17)31-14-21(22,23)24/h4-9,12,16,26H,2-3,10-11,13-14H2,1H3/t16-/m1/s1. The number of piperidine rings is 1. The maximum absolute atomic E-state index is 12.8. The first kappa shape index (κ1) is 24.0. The van der Waals surface area contributed by atoms with Crippen LogP contribution in [0, 0.1) is 12.8 Å². The second-order valence-corrected chi connectivity index (χ2v) is 9.48. The van der Waals surface area contributed by atoms with Gasteiger partial charge in [-0.25, -0.2) is 18.1 Å². The van der Waals surface area contributed by atoms with Crippen LogP contribution in [0.25, 0.3) is 0 Å². The number of ether oxygens (including phenoxy) is 1. The molecule has 0 bridgehead atoms. The highest BCUT2D eigenvalue weighted by atomic mass is 32.2. The van der Waals surface area contributed by atoms with Crippen LogP contribution in [0.3, 0.4) is 0 Å². The second-order valence-electron chi connectivity index (χ2n) is 7.71. The van der Waals surface area contributed by atoms with Gasteiger partial charge in [0.2, 0.25) is 15.9 Å². The largest absolute Gasteiger partial charge is 0.468 e. The van der Waals surface area contributed by atoms with Gasteiger partial charge in [0.25, 0.3) is 5.91 Å². The highest BCUT2D eigenvalue weighted by Gasteiger charge is 2.29. The average Bonchev–Trinajstić information content (AvgIpc) is 2.76. The summed E-state index contributed by atoms with van der Waals surface area (Å²) in [4.78, 5) is 18.3. The summed E-state index contributed by atoms with van der Waals surface area (Å²) in [5.41, 5.74) is 1.19. The molecule has 0 radical (unpaired) electrons. The summed E-state index contributed by atoms with van der Waals surface area (Å²) in [5.74, 6) is -0.595. The number of sulfonamides is 1. The molecule has 174 valence electrons. The van der Waals surface area contributed by atoms with E-state index in [1.165, 1.54) is 18.3 Å². The van der Waals surface area contributed by atoms with Crippen LogP contribution >= 0.6 is 0 Å². The zero-order chi connectivity index (χ0) is 23.4. The van der Waals surface area contributed by atoms with E-state index in [0.29, 0.717) is 19.5 Å². The lowest BCUT2D eigenvalue weighted by Crippen LogP contribution is -2.43. The molecule has 0 unspecified atom stereocenters. The maximum Gasteiger partial charge on any atom is 0.422 e. The normalized spacial score (nSPS) is 17.2. The third-order valence-corrected chi connectivity index (χ3v) is 6.51. The first-order valence-electron chi connectivity index (χ1n) is 10.0. The van der Waals surface area contributed by atoms with E-state index in [1.807, 2.05) is 6.92 Å². The van der Waals surface area contributed by atoms with Gasteiger partial charge in [-0.15, -0.1) is 0 Å². The molecule has 2 heterocycles. The van der Waals surface area contributed by atoms with Crippen LogP contribution in [0.5, 0.6) is 5.88 Å². The molecule has 1 N–H and O–H groups in total. The predicted molar refractivity (Wildman–Crippen MR) is 111 cm³/mol. The number of aryl methyl sites for hydroxylation is 1. The molecule has 11 heteroatoms. The molecule has 0 aliphatic carbocycles. The summed E-state index contributed by atoms with van der Waals surface area (Å²) in [6, 6.07) is 9.12. The summed E-state index contributed by atoms with van der Waals surface area (Å²) < 4.78 is 68.8. The van der Waals surface area contributed by atoms with E-state index in [1.54, 1.807) is 29.2 Å². The van der Waals surface area contributed by atoms with Gasteiger partial charge < -0.3 is 9.64 Å². The Balaban J connectivity index is 1.56. The highest BCUT2D eigenvalue weighted by Crippen LogP contribution is 2.21. The summed E-state index contributed by atoms with van der Waals surface area (Å²) in [7, 11) is -3.64. The Morgan fingerprint density at radius 3 is 2.56 bits per heavy atom. The van der Waals surface area contributed by atoms with Crippen LogP contribution in [0.15, 0.2) is 47.5 Å². The number of aromatic nitrogens is 1. The monoisotopic (exact) mass is 471 g/mol. The van der Waals surface area contributed by atoms with Crippen molar-refractivity contribution in [1.82, 2.24) is 14.6 Å². The molecule has 3 rings (SSSR count). The molecule has 1 saturated heterocycles. The molecule has 1 fully saturated rings. The van der Waals surface area contributed by atoms with Crippen LogP contribution in [-0.2, 0) is 10.0 Å². The Morgan fingerprint density at radius 2 is 1.94 bits per heavy atom. The van der Waals surface area contributed by atoms with Gasteiger partial charge in [-0.2, -0.15) is 13.2 Å². The van der Waals surface area contributed by atoms with Crippen molar-refractivity contribution in [2.45, 2.75) is 30.8 Å². The minimum atomic E-state index is -4.47. The Labute approximate surface area is 184 Å². The van der Waals surface area contributed by atoms with Crippen molar-refractivity contribution >= 4 is 15.9 Å². The van der Waals surface area contributed by atoms with Crippen LogP contribution in [0.2, 0.25) is 0 Å². The molecule has 1 aliphatic rings. The molecule has 1 amide bonds. The van der Waals surface area contributed by atoms with Crippen LogP contribution in [-0.4, -0.2) is 56.6 Å². The van der Waals surface area contributed by atoms with E-state index < -0.39 is 22.8 Å². The number of hydrogen-bond donors (Lipinski definition) is 1. The Bertz CT molecular complexity index is 1030. The molecule has 1 aliphatic heterocycles. The fourth-order valence-corrected chi connectivity index (χ4v) is 4.49. The Kier molecular flexibility index (Phi) is 7.40. The molecule has 0 saturated carbocycles. The number of pyridine rings is 1. The van der Waals surface area contributed by atoms with Crippen LogP contribution < -0.4 is 9.46 Å². The summed E-state index contributed by atoms with van der Waals surface area (Å²) in [6.07, 6.45) is -1.82. The number of likely N-dealkylation sites (tertiary alicyclic amines) is 1. The Morgan fingerprint density at radius 1 is 1.22 bits per heavy atom. The van der Waals surface area contributed by atoms with Crippen molar-refractivity contribution in [2.75, 3.05) is 26.2 Å². The summed E-state index contributed by atoms with van der Waals surface area (Å²) in [5, 5.41) is 0. The number of hydrogen-bond acceptors (Lipinski definition) is 5. The van der Waals surface area contributed by atoms with Crippen molar-refractivity contribution in [2.24, 2.45) is 5.92 Å². The van der Waals surface area contributed by atoms with Gasteiger partial charge in [-0.05, 0) is 43.9 Å². The van der Waals surface area contributed by atoms with Crippen molar-refractivity contribution in [3.8, 4) is 5.88 Å². The van der Waals surface area contributed by atoms with Gasteiger partial charge in [0, 0.05) is 31.9 Å². The molecule has 32 heavy (non-hydrogen) atoms. The van der Waals surface area contributed by atoms with Crippen LogP contribution in [0.4, 0.5) is 13.2 Å².